The number of furan rings is 1. The van der Waals surface area contributed by atoms with E-state index >= 15 is 0 Å². The molecule has 0 radical (unpaired) electrons. The average molecular weight is 317 g/mol. The molecule has 1 fully saturated rings. The van der Waals surface area contributed by atoms with Crippen molar-refractivity contribution in [2.24, 2.45) is 5.92 Å². The van der Waals surface area contributed by atoms with Crippen molar-refractivity contribution < 1.29 is 9.34 Å². The van der Waals surface area contributed by atoms with Crippen LogP contribution >= 0.6 is 0 Å². The molecule has 2 aromatic rings. The third-order valence-electron chi connectivity index (χ3n) is 4.19. The fraction of sp³-hybridized carbons (Fsp3) is 0.467. The summed E-state index contributed by atoms with van der Waals surface area (Å²) in [6.45, 7) is 4.86. The third-order valence-corrected chi connectivity index (χ3v) is 4.19. The molecule has 2 unspecified atom stereocenters. The number of nitro groups is 1. The van der Waals surface area contributed by atoms with E-state index in [4.69, 9.17) is 10.2 Å². The van der Waals surface area contributed by atoms with Gasteiger partial charge < -0.3 is 15.1 Å². The molecule has 1 aliphatic heterocycles. The number of anilines is 2. The number of nitrogens with zero attached hydrogens (tertiary/aromatic N) is 4. The van der Waals surface area contributed by atoms with E-state index in [1.54, 1.807) is 0 Å². The normalized spacial score (nSPS) is 21.4. The van der Waals surface area contributed by atoms with Gasteiger partial charge in [0.05, 0.1) is 11.0 Å². The Hall–Kier alpha value is -2.64. The van der Waals surface area contributed by atoms with Gasteiger partial charge in [0.1, 0.15) is 17.7 Å². The van der Waals surface area contributed by atoms with Crippen molar-refractivity contribution in [1.29, 1.82) is 0 Å². The van der Waals surface area contributed by atoms with Gasteiger partial charge in [0.2, 0.25) is 11.8 Å². The van der Waals surface area contributed by atoms with Crippen LogP contribution in [0.2, 0.25) is 0 Å². The van der Waals surface area contributed by atoms with Gasteiger partial charge in [-0.05, 0) is 37.8 Å². The molecule has 2 aromatic heterocycles. The quantitative estimate of drug-likeness (QED) is 0.684. The maximum absolute atomic E-state index is 10.9. The molecule has 23 heavy (non-hydrogen) atoms. The number of piperidine rings is 1. The first-order valence-electron chi connectivity index (χ1n) is 7.55. The molecule has 0 bridgehead atoms. The summed E-state index contributed by atoms with van der Waals surface area (Å²) in [5.74, 6) is 2.54. The van der Waals surface area contributed by atoms with Crippen LogP contribution in [0.5, 0.6) is 0 Å². The summed E-state index contributed by atoms with van der Waals surface area (Å²) in [4.78, 5) is 20.6. The van der Waals surface area contributed by atoms with Gasteiger partial charge in [0.15, 0.2) is 0 Å². The van der Waals surface area contributed by atoms with Crippen LogP contribution < -0.4 is 10.6 Å². The Morgan fingerprint density at radius 3 is 2.87 bits per heavy atom. The van der Waals surface area contributed by atoms with Crippen molar-refractivity contribution in [3.63, 3.8) is 0 Å². The highest BCUT2D eigenvalue weighted by atomic mass is 16.6. The fourth-order valence-corrected chi connectivity index (χ4v) is 2.94. The zero-order valence-electron chi connectivity index (χ0n) is 13.1. The zero-order valence-corrected chi connectivity index (χ0v) is 13.1. The van der Waals surface area contributed by atoms with Crippen LogP contribution in [-0.4, -0.2) is 21.4 Å². The topological polar surface area (TPSA) is 111 Å². The first-order chi connectivity index (χ1) is 11.0. The number of nitrogens with two attached hydrogens (primary N) is 1. The molecular formula is C15H19N5O3. The molecule has 1 saturated heterocycles. The highest BCUT2D eigenvalue weighted by Gasteiger charge is 2.32. The van der Waals surface area contributed by atoms with Crippen LogP contribution in [0.4, 0.5) is 17.5 Å². The predicted molar refractivity (Wildman–Crippen MR) is 85.0 cm³/mol. The third kappa shape index (κ3) is 2.96. The van der Waals surface area contributed by atoms with E-state index in [9.17, 15) is 10.1 Å². The molecule has 1 aliphatic rings. The lowest BCUT2D eigenvalue weighted by molar-refractivity contribution is -0.384. The fourth-order valence-electron chi connectivity index (χ4n) is 2.94. The molecule has 3 heterocycles. The van der Waals surface area contributed by atoms with Gasteiger partial charge in [-0.15, -0.1) is 0 Å². The number of aryl methyl sites for hydroxylation is 1. The minimum absolute atomic E-state index is 0.00769. The van der Waals surface area contributed by atoms with Gasteiger partial charge in [-0.1, -0.05) is 6.92 Å². The first-order valence-corrected chi connectivity index (χ1v) is 7.55. The largest absolute Gasteiger partial charge is 0.464 e. The molecule has 2 atom stereocenters. The van der Waals surface area contributed by atoms with Crippen LogP contribution in [0.25, 0.3) is 0 Å². The number of aromatic nitrogens is 2. The SMILES string of the molecule is Cc1ccc(C2CC(C)CCN2c2ncc([N+](=O)[O-])c(N)n2)o1. The lowest BCUT2D eigenvalue weighted by Crippen LogP contribution is -2.37. The highest BCUT2D eigenvalue weighted by molar-refractivity contribution is 5.54. The van der Waals surface area contributed by atoms with E-state index in [-0.39, 0.29) is 17.5 Å². The van der Waals surface area contributed by atoms with Gasteiger partial charge >= 0.3 is 5.69 Å². The first kappa shape index (κ1) is 15.3. The van der Waals surface area contributed by atoms with Crippen molar-refractivity contribution >= 4 is 17.5 Å². The summed E-state index contributed by atoms with van der Waals surface area (Å²) >= 11 is 0. The van der Waals surface area contributed by atoms with Crippen LogP contribution in [0, 0.1) is 23.0 Å². The Balaban J connectivity index is 1.95. The van der Waals surface area contributed by atoms with E-state index in [0.717, 1.165) is 30.9 Å². The summed E-state index contributed by atoms with van der Waals surface area (Å²) in [7, 11) is 0. The second-order valence-electron chi connectivity index (χ2n) is 5.98. The Morgan fingerprint density at radius 1 is 1.48 bits per heavy atom. The van der Waals surface area contributed by atoms with Crippen molar-refractivity contribution in [3.05, 3.63) is 40.0 Å². The van der Waals surface area contributed by atoms with Gasteiger partial charge in [-0.25, -0.2) is 4.98 Å². The van der Waals surface area contributed by atoms with E-state index in [1.807, 2.05) is 24.0 Å². The number of hydrogen-bond acceptors (Lipinski definition) is 7. The van der Waals surface area contributed by atoms with Crippen LogP contribution in [0.15, 0.2) is 22.7 Å². The smallest absolute Gasteiger partial charge is 0.329 e. The average Bonchev–Trinajstić information content (AvgIpc) is 2.93. The number of nitrogen functional groups attached to an aromatic ring is 1. The summed E-state index contributed by atoms with van der Waals surface area (Å²) < 4.78 is 5.78. The molecule has 0 amide bonds. The summed E-state index contributed by atoms with van der Waals surface area (Å²) in [6.07, 6.45) is 3.07. The Bertz CT molecular complexity index is 730. The van der Waals surface area contributed by atoms with E-state index in [0.29, 0.717) is 11.9 Å². The summed E-state index contributed by atoms with van der Waals surface area (Å²) in [6, 6.07) is 3.89. The standard InChI is InChI=1S/C15H19N5O3/c1-9-5-6-19(11(7-9)13-4-3-10(2)23-13)15-17-8-12(20(21)22)14(16)18-15/h3-4,8-9,11H,5-7H2,1-2H3,(H2,16,17,18). The lowest BCUT2D eigenvalue weighted by atomic mass is 9.91. The van der Waals surface area contributed by atoms with Crippen LogP contribution in [0.3, 0.4) is 0 Å². The maximum Gasteiger partial charge on any atom is 0.329 e. The highest BCUT2D eigenvalue weighted by Crippen LogP contribution is 2.37. The Labute approximate surface area is 133 Å². The molecule has 3 rings (SSSR count). The van der Waals surface area contributed by atoms with Gasteiger partial charge in [-0.2, -0.15) is 4.98 Å². The minimum atomic E-state index is -0.579. The molecule has 0 saturated carbocycles. The summed E-state index contributed by atoms with van der Waals surface area (Å²) in [5, 5.41) is 10.9. The Kier molecular flexibility index (Phi) is 3.89. The number of hydrogen-bond donors (Lipinski definition) is 1. The molecule has 122 valence electrons. The van der Waals surface area contributed by atoms with E-state index in [1.165, 1.54) is 6.20 Å². The Morgan fingerprint density at radius 2 is 2.26 bits per heavy atom. The van der Waals surface area contributed by atoms with Crippen molar-refractivity contribution in [3.8, 4) is 0 Å². The molecule has 0 aromatic carbocycles. The second-order valence-corrected chi connectivity index (χ2v) is 5.98. The molecule has 2 N–H and O–H groups in total. The minimum Gasteiger partial charge on any atom is -0.464 e. The summed E-state index contributed by atoms with van der Waals surface area (Å²) in [5.41, 5.74) is 5.43. The van der Waals surface area contributed by atoms with Gasteiger partial charge in [0, 0.05) is 6.54 Å². The van der Waals surface area contributed by atoms with E-state index < -0.39 is 4.92 Å². The molecule has 8 nitrogen and oxygen atoms in total. The number of rotatable bonds is 3. The molecule has 8 heteroatoms. The van der Waals surface area contributed by atoms with E-state index in [2.05, 4.69) is 16.9 Å². The predicted octanol–water partition coefficient (Wildman–Crippen LogP) is 2.85. The van der Waals surface area contributed by atoms with Crippen molar-refractivity contribution in [2.45, 2.75) is 32.7 Å². The van der Waals surface area contributed by atoms with Crippen LogP contribution in [0.1, 0.15) is 37.3 Å². The molecule has 0 aliphatic carbocycles. The van der Waals surface area contributed by atoms with Gasteiger partial charge in [-0.3, -0.25) is 10.1 Å². The maximum atomic E-state index is 10.9. The second kappa shape index (κ2) is 5.86. The van der Waals surface area contributed by atoms with Crippen molar-refractivity contribution in [1.82, 2.24) is 9.97 Å². The zero-order chi connectivity index (χ0) is 16.6. The monoisotopic (exact) mass is 317 g/mol. The van der Waals surface area contributed by atoms with Gasteiger partial charge in [0.25, 0.3) is 0 Å². The molecule has 0 spiro atoms. The molecular weight excluding hydrogens is 298 g/mol. The lowest BCUT2D eigenvalue weighted by Gasteiger charge is -2.37. The van der Waals surface area contributed by atoms with Crippen LogP contribution in [-0.2, 0) is 0 Å². The van der Waals surface area contributed by atoms with Crippen molar-refractivity contribution in [2.75, 3.05) is 17.2 Å².